The first-order valence-electron chi connectivity index (χ1n) is 5.17. The van der Waals surface area contributed by atoms with Gasteiger partial charge < -0.3 is 14.8 Å². The molecule has 1 saturated carbocycles. The fraction of sp³-hybridized carbons (Fsp3) is 0.800. The van der Waals surface area contributed by atoms with Crippen LogP contribution in [-0.4, -0.2) is 37.7 Å². The largest absolute Gasteiger partial charge is 0.459 e. The molecular formula is C10H17NO4. The Morgan fingerprint density at radius 1 is 1.40 bits per heavy atom. The van der Waals surface area contributed by atoms with Crippen molar-refractivity contribution in [3.8, 4) is 0 Å². The highest BCUT2D eigenvalue weighted by Gasteiger charge is 2.27. The molecule has 1 N–H and O–H groups in total. The molecule has 2 atom stereocenters. The monoisotopic (exact) mass is 215 g/mol. The van der Waals surface area contributed by atoms with Gasteiger partial charge in [-0.2, -0.15) is 0 Å². The zero-order chi connectivity index (χ0) is 11.3. The van der Waals surface area contributed by atoms with E-state index in [0.717, 1.165) is 19.3 Å². The lowest BCUT2D eigenvalue weighted by Crippen LogP contribution is -2.39. The molecule has 2 unspecified atom stereocenters. The molecule has 0 bridgehead atoms. The zero-order valence-electron chi connectivity index (χ0n) is 9.12. The fourth-order valence-electron chi connectivity index (χ4n) is 1.73. The van der Waals surface area contributed by atoms with E-state index in [1.165, 1.54) is 0 Å². The van der Waals surface area contributed by atoms with E-state index >= 15 is 0 Å². The molecule has 0 aliphatic heterocycles. The molecule has 1 rings (SSSR count). The summed E-state index contributed by atoms with van der Waals surface area (Å²) in [5, 5.41) is 2.63. The molecule has 0 aromatic heterocycles. The van der Waals surface area contributed by atoms with E-state index in [0.29, 0.717) is 0 Å². The van der Waals surface area contributed by atoms with Crippen LogP contribution in [0.2, 0.25) is 0 Å². The SMILES string of the molecule is CCOC(=O)C(=O)NC1CCC(OC)C1. The van der Waals surface area contributed by atoms with Gasteiger partial charge in [-0.25, -0.2) is 4.79 Å². The summed E-state index contributed by atoms with van der Waals surface area (Å²) in [6.07, 6.45) is 2.73. The highest BCUT2D eigenvalue weighted by Crippen LogP contribution is 2.21. The summed E-state index contributed by atoms with van der Waals surface area (Å²) in [7, 11) is 1.65. The van der Waals surface area contributed by atoms with Gasteiger partial charge in [-0.15, -0.1) is 0 Å². The van der Waals surface area contributed by atoms with Crippen LogP contribution in [0.3, 0.4) is 0 Å². The van der Waals surface area contributed by atoms with Gasteiger partial charge in [0.25, 0.3) is 0 Å². The Kier molecular flexibility index (Phi) is 4.55. The number of esters is 1. The molecule has 0 heterocycles. The first kappa shape index (κ1) is 12.0. The van der Waals surface area contributed by atoms with Crippen molar-refractivity contribution in [3.63, 3.8) is 0 Å². The molecule has 5 nitrogen and oxygen atoms in total. The van der Waals surface area contributed by atoms with Gasteiger partial charge in [-0.05, 0) is 26.2 Å². The summed E-state index contributed by atoms with van der Waals surface area (Å²) in [5.41, 5.74) is 0. The maximum absolute atomic E-state index is 11.3. The minimum absolute atomic E-state index is 0.0341. The molecule has 0 aromatic rings. The number of rotatable bonds is 3. The molecule has 0 spiro atoms. The third-order valence-corrected chi connectivity index (χ3v) is 2.51. The third kappa shape index (κ3) is 3.51. The maximum Gasteiger partial charge on any atom is 0.396 e. The van der Waals surface area contributed by atoms with E-state index in [2.05, 4.69) is 10.1 Å². The summed E-state index contributed by atoms with van der Waals surface area (Å²) in [5.74, 6) is -1.46. The number of nitrogens with one attached hydrogen (secondary N) is 1. The number of methoxy groups -OCH3 is 1. The molecule has 0 aromatic carbocycles. The van der Waals surface area contributed by atoms with E-state index in [9.17, 15) is 9.59 Å². The minimum Gasteiger partial charge on any atom is -0.459 e. The highest BCUT2D eigenvalue weighted by molar-refractivity contribution is 6.32. The van der Waals surface area contributed by atoms with E-state index in [1.54, 1.807) is 14.0 Å². The minimum atomic E-state index is -0.807. The Morgan fingerprint density at radius 3 is 2.67 bits per heavy atom. The summed E-state index contributed by atoms with van der Waals surface area (Å²) < 4.78 is 9.75. The highest BCUT2D eigenvalue weighted by atomic mass is 16.5. The predicted octanol–water partition coefficient (Wildman–Crippen LogP) is 0.233. The van der Waals surface area contributed by atoms with Gasteiger partial charge >= 0.3 is 11.9 Å². The van der Waals surface area contributed by atoms with Crippen LogP contribution in [0.15, 0.2) is 0 Å². The number of ether oxygens (including phenoxy) is 2. The molecule has 1 aliphatic rings. The van der Waals surface area contributed by atoms with E-state index in [-0.39, 0.29) is 18.8 Å². The molecule has 0 radical (unpaired) electrons. The van der Waals surface area contributed by atoms with Crippen molar-refractivity contribution in [1.29, 1.82) is 0 Å². The smallest absolute Gasteiger partial charge is 0.396 e. The van der Waals surface area contributed by atoms with Crippen molar-refractivity contribution >= 4 is 11.9 Å². The Balaban J connectivity index is 2.30. The second-order valence-corrected chi connectivity index (χ2v) is 3.56. The predicted molar refractivity (Wildman–Crippen MR) is 53.2 cm³/mol. The fourth-order valence-corrected chi connectivity index (χ4v) is 1.73. The average Bonchev–Trinajstić information content (AvgIpc) is 2.66. The van der Waals surface area contributed by atoms with Crippen molar-refractivity contribution in [1.82, 2.24) is 5.32 Å². The Bertz CT molecular complexity index is 242. The zero-order valence-corrected chi connectivity index (χ0v) is 9.12. The molecule has 1 fully saturated rings. The second-order valence-electron chi connectivity index (χ2n) is 3.56. The van der Waals surface area contributed by atoms with E-state index in [1.807, 2.05) is 0 Å². The van der Waals surface area contributed by atoms with Crippen LogP contribution in [0.1, 0.15) is 26.2 Å². The topological polar surface area (TPSA) is 64.6 Å². The molecule has 86 valence electrons. The number of carbonyl (C=O) groups is 2. The molecule has 0 saturated heterocycles. The van der Waals surface area contributed by atoms with Crippen molar-refractivity contribution < 1.29 is 19.1 Å². The van der Waals surface area contributed by atoms with E-state index in [4.69, 9.17) is 4.74 Å². The Hall–Kier alpha value is -1.10. The molecular weight excluding hydrogens is 198 g/mol. The van der Waals surface area contributed by atoms with Gasteiger partial charge in [0.15, 0.2) is 0 Å². The van der Waals surface area contributed by atoms with Gasteiger partial charge in [0.1, 0.15) is 0 Å². The molecule has 5 heteroatoms. The summed E-state index contributed by atoms with van der Waals surface area (Å²) in [6.45, 7) is 1.89. The van der Waals surface area contributed by atoms with Crippen LogP contribution in [-0.2, 0) is 19.1 Å². The summed E-state index contributed by atoms with van der Waals surface area (Å²) in [6, 6.07) is 0.0341. The van der Waals surface area contributed by atoms with Crippen LogP contribution < -0.4 is 5.32 Å². The summed E-state index contributed by atoms with van der Waals surface area (Å²) in [4.78, 5) is 22.3. The molecule has 1 amide bonds. The molecule has 15 heavy (non-hydrogen) atoms. The van der Waals surface area contributed by atoms with Crippen molar-refractivity contribution in [2.45, 2.75) is 38.3 Å². The van der Waals surface area contributed by atoms with Crippen LogP contribution in [0.25, 0.3) is 0 Å². The quantitative estimate of drug-likeness (QED) is 0.541. The maximum atomic E-state index is 11.3. The first-order valence-corrected chi connectivity index (χ1v) is 5.17. The second kappa shape index (κ2) is 5.70. The van der Waals surface area contributed by atoms with Gasteiger partial charge in [0.05, 0.1) is 12.7 Å². The number of amides is 1. The first-order chi connectivity index (χ1) is 7.17. The van der Waals surface area contributed by atoms with Crippen molar-refractivity contribution in [2.75, 3.05) is 13.7 Å². The lowest BCUT2D eigenvalue weighted by atomic mass is 10.2. The van der Waals surface area contributed by atoms with Crippen LogP contribution >= 0.6 is 0 Å². The van der Waals surface area contributed by atoms with Crippen LogP contribution in [0.4, 0.5) is 0 Å². The number of hydrogen-bond acceptors (Lipinski definition) is 4. The van der Waals surface area contributed by atoms with Crippen molar-refractivity contribution in [2.24, 2.45) is 0 Å². The summed E-state index contributed by atoms with van der Waals surface area (Å²) >= 11 is 0. The van der Waals surface area contributed by atoms with E-state index < -0.39 is 11.9 Å². The normalized spacial score (nSPS) is 24.9. The Labute approximate surface area is 89.1 Å². The third-order valence-electron chi connectivity index (χ3n) is 2.51. The standard InChI is InChI=1S/C10H17NO4/c1-3-15-10(13)9(12)11-7-4-5-8(6-7)14-2/h7-8H,3-6H2,1-2H3,(H,11,12). The van der Waals surface area contributed by atoms with Gasteiger partial charge in [-0.3, -0.25) is 4.79 Å². The number of hydrogen-bond donors (Lipinski definition) is 1. The Morgan fingerprint density at radius 2 is 2.13 bits per heavy atom. The van der Waals surface area contributed by atoms with Crippen molar-refractivity contribution in [3.05, 3.63) is 0 Å². The van der Waals surface area contributed by atoms with Gasteiger partial charge in [-0.1, -0.05) is 0 Å². The lowest BCUT2D eigenvalue weighted by molar-refractivity contribution is -0.154. The molecule has 1 aliphatic carbocycles. The average molecular weight is 215 g/mol. The van der Waals surface area contributed by atoms with Crippen LogP contribution in [0.5, 0.6) is 0 Å². The number of carbonyl (C=O) groups excluding carboxylic acids is 2. The lowest BCUT2D eigenvalue weighted by Gasteiger charge is -2.11. The van der Waals surface area contributed by atoms with Gasteiger partial charge in [0.2, 0.25) is 0 Å². The van der Waals surface area contributed by atoms with Crippen LogP contribution in [0, 0.1) is 0 Å². The van der Waals surface area contributed by atoms with Gasteiger partial charge in [0, 0.05) is 13.2 Å².